The number of Topliss-reactive ketones (excluding diaryl/α,β-unsaturated/α-hetero) is 1. The predicted octanol–water partition coefficient (Wildman–Crippen LogP) is 4.10. The SMILES string of the molecule is C/C1=C\[C@@H]2[C@H](CC[C@@]3(C)O[C@@H]3C[C@@H](O)[C@@H](CO)C[C@H](OC(=O)/C=C/c3ccccc3)C1=O)C2(C)C. The smallest absolute Gasteiger partial charge is 0.331 e. The number of hydrogen-bond donors (Lipinski definition) is 2. The van der Waals surface area contributed by atoms with Crippen LogP contribution >= 0.6 is 0 Å². The van der Waals surface area contributed by atoms with Crippen molar-refractivity contribution in [3.8, 4) is 0 Å². The lowest BCUT2D eigenvalue weighted by atomic mass is 9.87. The summed E-state index contributed by atoms with van der Waals surface area (Å²) in [7, 11) is 0. The second kappa shape index (κ2) is 10.00. The van der Waals surface area contributed by atoms with Gasteiger partial charge in [0.1, 0.15) is 0 Å². The van der Waals surface area contributed by atoms with Crippen molar-refractivity contribution in [1.82, 2.24) is 0 Å². The van der Waals surface area contributed by atoms with E-state index in [4.69, 9.17) is 9.47 Å². The molecule has 1 saturated heterocycles. The van der Waals surface area contributed by atoms with Gasteiger partial charge in [-0.15, -0.1) is 0 Å². The number of benzene rings is 1. The van der Waals surface area contributed by atoms with Crippen LogP contribution in [0.25, 0.3) is 6.08 Å². The fourth-order valence-corrected chi connectivity index (χ4v) is 5.68. The minimum atomic E-state index is -1.08. The van der Waals surface area contributed by atoms with E-state index in [1.165, 1.54) is 6.08 Å². The first-order valence-electron chi connectivity index (χ1n) is 12.7. The Labute approximate surface area is 208 Å². The molecule has 7 atom stereocenters. The molecule has 6 heteroatoms. The Bertz CT molecular complexity index is 996. The van der Waals surface area contributed by atoms with E-state index >= 15 is 0 Å². The van der Waals surface area contributed by atoms with E-state index in [9.17, 15) is 19.8 Å². The van der Waals surface area contributed by atoms with Gasteiger partial charge in [0, 0.05) is 25.0 Å². The van der Waals surface area contributed by atoms with Gasteiger partial charge in [-0.3, -0.25) is 4.79 Å². The molecule has 1 aliphatic heterocycles. The summed E-state index contributed by atoms with van der Waals surface area (Å²) in [5.74, 6) is -0.772. The fourth-order valence-electron chi connectivity index (χ4n) is 5.68. The first-order valence-corrected chi connectivity index (χ1v) is 12.7. The fraction of sp³-hybridized carbons (Fsp3) is 0.586. The summed E-state index contributed by atoms with van der Waals surface area (Å²) in [6, 6.07) is 9.36. The maximum atomic E-state index is 13.4. The van der Waals surface area contributed by atoms with Crippen LogP contribution in [0.15, 0.2) is 48.1 Å². The van der Waals surface area contributed by atoms with E-state index in [0.717, 1.165) is 18.4 Å². The van der Waals surface area contributed by atoms with Crippen LogP contribution in [-0.2, 0) is 19.1 Å². The number of ether oxygens (including phenoxy) is 2. The summed E-state index contributed by atoms with van der Waals surface area (Å²) in [6.45, 7) is 7.99. The van der Waals surface area contributed by atoms with Crippen molar-refractivity contribution in [2.45, 2.75) is 77.3 Å². The minimum absolute atomic E-state index is 0.0491. The molecular formula is C29H38O6. The zero-order chi connectivity index (χ0) is 25.4. The summed E-state index contributed by atoms with van der Waals surface area (Å²) in [4.78, 5) is 26.1. The molecule has 0 unspecified atom stereocenters. The summed E-state index contributed by atoms with van der Waals surface area (Å²) < 4.78 is 11.6. The van der Waals surface area contributed by atoms with E-state index in [0.29, 0.717) is 17.9 Å². The standard InChI is InChI=1S/C29H38O6/c1-18-14-22-21(28(22,2)3)12-13-29(4)25(35-29)16-23(31)20(17-30)15-24(27(18)33)34-26(32)11-10-19-8-6-5-7-9-19/h5-11,14,20-25,30-31H,12-13,15-17H2,1-4H3/b11-10+,18-14+/t20-,21+,22-,23-,24+,25-,29-/m1/s1. The molecule has 1 heterocycles. The molecule has 0 bridgehead atoms. The van der Waals surface area contributed by atoms with Crippen LogP contribution in [0.2, 0.25) is 0 Å². The zero-order valence-corrected chi connectivity index (χ0v) is 21.1. The lowest BCUT2D eigenvalue weighted by molar-refractivity contribution is -0.151. The molecule has 4 rings (SSSR count). The Hall–Kier alpha value is -2.28. The van der Waals surface area contributed by atoms with E-state index in [2.05, 4.69) is 20.8 Å². The third-order valence-electron chi connectivity index (χ3n) is 8.46. The highest BCUT2D eigenvalue weighted by molar-refractivity contribution is 6.00. The number of rotatable bonds is 4. The maximum absolute atomic E-state index is 13.4. The molecule has 1 aromatic rings. The molecule has 6 nitrogen and oxygen atoms in total. The van der Waals surface area contributed by atoms with Crippen LogP contribution in [0.1, 0.15) is 58.9 Å². The number of aliphatic hydroxyl groups excluding tert-OH is 2. The lowest BCUT2D eigenvalue weighted by Crippen LogP contribution is -2.36. The number of epoxide rings is 1. The van der Waals surface area contributed by atoms with Crippen molar-refractivity contribution >= 4 is 17.8 Å². The molecule has 2 N–H and O–H groups in total. The third-order valence-corrected chi connectivity index (χ3v) is 8.46. The second-order valence-electron chi connectivity index (χ2n) is 11.3. The zero-order valence-electron chi connectivity index (χ0n) is 21.1. The minimum Gasteiger partial charge on any atom is -0.451 e. The molecule has 2 aliphatic carbocycles. The van der Waals surface area contributed by atoms with Crippen LogP contribution in [0, 0.1) is 23.2 Å². The average molecular weight is 483 g/mol. The Kier molecular flexibility index (Phi) is 7.37. The molecule has 0 spiro atoms. The number of carbonyl (C=O) groups excluding carboxylic acids is 2. The number of allylic oxidation sites excluding steroid dienone is 1. The molecule has 1 saturated carbocycles. The van der Waals surface area contributed by atoms with Gasteiger partial charge < -0.3 is 19.7 Å². The summed E-state index contributed by atoms with van der Waals surface area (Å²) in [5, 5.41) is 20.9. The quantitative estimate of drug-likeness (QED) is 0.381. The van der Waals surface area contributed by atoms with Crippen LogP contribution in [0.3, 0.4) is 0 Å². The van der Waals surface area contributed by atoms with Gasteiger partial charge in [-0.25, -0.2) is 4.79 Å². The van der Waals surface area contributed by atoms with Crippen molar-refractivity contribution in [3.63, 3.8) is 0 Å². The highest BCUT2D eigenvalue weighted by Gasteiger charge is 2.59. The van der Waals surface area contributed by atoms with Gasteiger partial charge in [-0.2, -0.15) is 0 Å². The molecule has 0 aromatic heterocycles. The summed E-state index contributed by atoms with van der Waals surface area (Å²) >= 11 is 0. The Morgan fingerprint density at radius 3 is 2.60 bits per heavy atom. The Morgan fingerprint density at radius 1 is 1.20 bits per heavy atom. The number of aliphatic hydroxyl groups is 2. The largest absolute Gasteiger partial charge is 0.451 e. The first-order chi connectivity index (χ1) is 16.5. The second-order valence-corrected chi connectivity index (χ2v) is 11.3. The number of ketones is 1. The van der Waals surface area contributed by atoms with Crippen molar-refractivity contribution in [2.24, 2.45) is 23.2 Å². The van der Waals surface area contributed by atoms with Gasteiger partial charge >= 0.3 is 5.97 Å². The van der Waals surface area contributed by atoms with Crippen LogP contribution < -0.4 is 0 Å². The molecular weight excluding hydrogens is 444 g/mol. The molecule has 2 fully saturated rings. The normalized spacial score (nSPS) is 38.5. The molecule has 35 heavy (non-hydrogen) atoms. The van der Waals surface area contributed by atoms with E-state index in [1.54, 1.807) is 13.0 Å². The highest BCUT2D eigenvalue weighted by Crippen LogP contribution is 2.62. The van der Waals surface area contributed by atoms with Crippen LogP contribution in [0.5, 0.6) is 0 Å². The van der Waals surface area contributed by atoms with E-state index in [-0.39, 0.29) is 41.8 Å². The van der Waals surface area contributed by atoms with Crippen molar-refractivity contribution < 1.29 is 29.3 Å². The number of fused-ring (bicyclic) bond motifs is 2. The number of esters is 1. The van der Waals surface area contributed by atoms with Gasteiger partial charge in [-0.1, -0.05) is 50.3 Å². The van der Waals surface area contributed by atoms with Gasteiger partial charge in [-0.05, 0) is 67.6 Å². The van der Waals surface area contributed by atoms with Gasteiger partial charge in [0.25, 0.3) is 0 Å². The van der Waals surface area contributed by atoms with Crippen LogP contribution in [-0.4, -0.2) is 52.5 Å². The van der Waals surface area contributed by atoms with Crippen molar-refractivity contribution in [1.29, 1.82) is 0 Å². The summed E-state index contributed by atoms with van der Waals surface area (Å²) in [5.41, 5.74) is 1.25. The molecule has 0 amide bonds. The molecule has 190 valence electrons. The molecule has 1 aromatic carbocycles. The highest BCUT2D eigenvalue weighted by atomic mass is 16.6. The maximum Gasteiger partial charge on any atom is 0.331 e. The number of carbonyl (C=O) groups is 2. The van der Waals surface area contributed by atoms with Gasteiger partial charge in [0.15, 0.2) is 11.9 Å². The van der Waals surface area contributed by atoms with E-state index in [1.807, 2.05) is 36.4 Å². The predicted molar refractivity (Wildman–Crippen MR) is 133 cm³/mol. The molecule has 3 aliphatic rings. The average Bonchev–Trinajstić information content (AvgIpc) is 3.63. The van der Waals surface area contributed by atoms with Gasteiger partial charge in [0.05, 0.1) is 17.8 Å². The first kappa shape index (κ1) is 25.8. The molecule has 0 radical (unpaired) electrons. The summed E-state index contributed by atoms with van der Waals surface area (Å²) in [6.07, 6.45) is 5.29. The number of hydrogen-bond acceptors (Lipinski definition) is 6. The monoisotopic (exact) mass is 482 g/mol. The van der Waals surface area contributed by atoms with Gasteiger partial charge in [0.2, 0.25) is 0 Å². The Morgan fingerprint density at radius 2 is 1.91 bits per heavy atom. The van der Waals surface area contributed by atoms with E-state index < -0.39 is 24.1 Å². The topological polar surface area (TPSA) is 96.4 Å². The van der Waals surface area contributed by atoms with Crippen molar-refractivity contribution in [3.05, 3.63) is 53.6 Å². The van der Waals surface area contributed by atoms with Crippen molar-refractivity contribution in [2.75, 3.05) is 6.61 Å². The third kappa shape index (κ3) is 5.76. The van der Waals surface area contributed by atoms with Crippen LogP contribution in [0.4, 0.5) is 0 Å². The Balaban J connectivity index is 1.56. The lowest BCUT2D eigenvalue weighted by Gasteiger charge is -2.25.